The Morgan fingerprint density at radius 3 is 2.40 bits per heavy atom. The summed E-state index contributed by atoms with van der Waals surface area (Å²) in [5.74, 6) is 0.639. The zero-order valence-electron chi connectivity index (χ0n) is 20.8. The second-order valence-corrected chi connectivity index (χ2v) is 10.5. The molecule has 3 heterocycles. The van der Waals surface area contributed by atoms with Crippen LogP contribution in [0.25, 0.3) is 60.1 Å². The summed E-state index contributed by atoms with van der Waals surface area (Å²) < 4.78 is 4.84. The number of hydrogen-bond donors (Lipinski definition) is 0. The van der Waals surface area contributed by atoms with E-state index in [-0.39, 0.29) is 0 Å². The lowest BCUT2D eigenvalue weighted by Gasteiger charge is -2.14. The quantitative estimate of drug-likeness (QED) is 0.146. The van der Waals surface area contributed by atoms with Crippen molar-refractivity contribution in [2.45, 2.75) is 27.2 Å². The maximum absolute atomic E-state index is 2.54. The molecule has 7 aromatic rings. The van der Waals surface area contributed by atoms with Gasteiger partial charge in [0.2, 0.25) is 5.52 Å². The van der Waals surface area contributed by atoms with Gasteiger partial charge in [-0.1, -0.05) is 62.4 Å². The minimum atomic E-state index is 0.639. The normalized spacial score (nSPS) is 12.4. The van der Waals surface area contributed by atoms with Gasteiger partial charge in [-0.15, -0.1) is 0 Å². The van der Waals surface area contributed by atoms with Gasteiger partial charge in [0.25, 0.3) is 0 Å². The molecule has 0 spiro atoms. The summed E-state index contributed by atoms with van der Waals surface area (Å²) in [6.07, 6.45) is 3.32. The Bertz CT molecular complexity index is 1910. The van der Waals surface area contributed by atoms with Crippen LogP contribution in [-0.4, -0.2) is 4.40 Å². The van der Waals surface area contributed by atoms with Crippen LogP contribution in [0.3, 0.4) is 0 Å². The highest BCUT2D eigenvalue weighted by molar-refractivity contribution is 6.26. The summed E-state index contributed by atoms with van der Waals surface area (Å²) in [6.45, 7) is 6.85. The van der Waals surface area contributed by atoms with Crippen LogP contribution in [0, 0.1) is 12.8 Å². The van der Waals surface area contributed by atoms with Gasteiger partial charge < -0.3 is 4.40 Å². The van der Waals surface area contributed by atoms with E-state index in [4.69, 9.17) is 0 Å². The largest absolute Gasteiger partial charge is 0.307 e. The summed E-state index contributed by atoms with van der Waals surface area (Å²) in [5, 5.41) is 6.68. The van der Waals surface area contributed by atoms with E-state index in [9.17, 15) is 0 Å². The van der Waals surface area contributed by atoms with E-state index in [0.717, 1.165) is 6.42 Å². The number of nitrogens with zero attached hydrogens (tertiary/aromatic N) is 2. The number of aryl methyl sites for hydroxylation is 2. The smallest absolute Gasteiger partial charge is 0.224 e. The molecule has 2 nitrogen and oxygen atoms in total. The lowest BCUT2D eigenvalue weighted by atomic mass is 9.96. The Hall–Kier alpha value is -3.91. The average Bonchev–Trinajstić information content (AvgIpc) is 3.18. The molecule has 2 heteroatoms. The Kier molecular flexibility index (Phi) is 4.26. The van der Waals surface area contributed by atoms with Gasteiger partial charge in [-0.05, 0) is 71.2 Å². The van der Waals surface area contributed by atoms with E-state index in [1.54, 1.807) is 0 Å². The molecule has 0 aliphatic rings. The van der Waals surface area contributed by atoms with E-state index in [0.29, 0.717) is 5.92 Å². The fourth-order valence-electron chi connectivity index (χ4n) is 6.16. The van der Waals surface area contributed by atoms with Crippen LogP contribution in [0.5, 0.6) is 0 Å². The number of hydrogen-bond acceptors (Lipinski definition) is 0. The van der Waals surface area contributed by atoms with Crippen LogP contribution in [0.2, 0.25) is 0 Å². The molecule has 170 valence electrons. The molecule has 0 aliphatic heterocycles. The molecular weight excluding hydrogens is 424 g/mol. The molecule has 0 N–H and O–H groups in total. The van der Waals surface area contributed by atoms with Gasteiger partial charge >= 0.3 is 0 Å². The minimum absolute atomic E-state index is 0.639. The molecule has 0 unspecified atom stereocenters. The van der Waals surface area contributed by atoms with Crippen molar-refractivity contribution in [2.24, 2.45) is 13.0 Å². The van der Waals surface area contributed by atoms with Crippen LogP contribution in [-0.2, 0) is 13.5 Å². The van der Waals surface area contributed by atoms with Crippen LogP contribution in [0.4, 0.5) is 0 Å². The van der Waals surface area contributed by atoms with E-state index in [1.807, 2.05) is 0 Å². The molecule has 0 bridgehead atoms. The fourth-order valence-corrected chi connectivity index (χ4v) is 6.16. The molecular formula is C33H29N2+. The summed E-state index contributed by atoms with van der Waals surface area (Å²) in [4.78, 5) is 0. The van der Waals surface area contributed by atoms with Crippen molar-refractivity contribution >= 4 is 49.0 Å². The van der Waals surface area contributed by atoms with E-state index in [2.05, 4.69) is 122 Å². The standard InChI is InChI=1S/C33H29N2/c1-20(2)16-22-11-13-28-27(17-22)26-12-10-21(3)30-32(26)35(28)29-19-25(23-8-6-5-7-9-23)18-24-14-15-34(4)33(30)31(24)29/h5-15,17-20H,16H2,1-4H3/q+1. The van der Waals surface area contributed by atoms with E-state index < -0.39 is 0 Å². The van der Waals surface area contributed by atoms with Gasteiger partial charge in [0.15, 0.2) is 6.20 Å². The summed E-state index contributed by atoms with van der Waals surface area (Å²) in [6, 6.07) is 29.5. The van der Waals surface area contributed by atoms with Crippen molar-refractivity contribution in [2.75, 3.05) is 0 Å². The van der Waals surface area contributed by atoms with Crippen LogP contribution in [0.15, 0.2) is 85.1 Å². The van der Waals surface area contributed by atoms with Crippen molar-refractivity contribution in [1.82, 2.24) is 4.40 Å². The topological polar surface area (TPSA) is 8.29 Å². The SMILES string of the molecule is Cc1ccc2c3cc(CC(C)C)ccc3n3c4cc(-c5ccccc5)cc5cc[n+](C)c(c1c23)c54. The Balaban J connectivity index is 1.75. The van der Waals surface area contributed by atoms with Gasteiger partial charge in [-0.3, -0.25) is 0 Å². The number of rotatable bonds is 3. The van der Waals surface area contributed by atoms with Gasteiger partial charge in [-0.2, -0.15) is 0 Å². The molecule has 0 saturated heterocycles. The van der Waals surface area contributed by atoms with E-state index in [1.165, 1.54) is 71.3 Å². The maximum Gasteiger partial charge on any atom is 0.224 e. The third kappa shape index (κ3) is 2.86. The number of benzene rings is 4. The zero-order chi connectivity index (χ0) is 23.8. The first-order valence-electron chi connectivity index (χ1n) is 12.6. The lowest BCUT2D eigenvalue weighted by molar-refractivity contribution is -0.643. The number of fused-ring (bicyclic) bond motifs is 5. The monoisotopic (exact) mass is 453 g/mol. The third-order valence-electron chi connectivity index (χ3n) is 7.65. The molecule has 3 aromatic heterocycles. The van der Waals surface area contributed by atoms with Crippen molar-refractivity contribution in [3.05, 3.63) is 96.2 Å². The van der Waals surface area contributed by atoms with Gasteiger partial charge in [0.1, 0.15) is 7.05 Å². The number of pyridine rings is 2. The molecule has 0 fully saturated rings. The first-order valence-corrected chi connectivity index (χ1v) is 12.6. The second kappa shape index (κ2) is 7.29. The zero-order valence-corrected chi connectivity index (χ0v) is 20.8. The first kappa shape index (κ1) is 20.5. The van der Waals surface area contributed by atoms with Gasteiger partial charge in [0.05, 0.1) is 27.3 Å². The first-order chi connectivity index (χ1) is 17.0. The van der Waals surface area contributed by atoms with Crippen LogP contribution >= 0.6 is 0 Å². The van der Waals surface area contributed by atoms with Crippen LogP contribution in [0.1, 0.15) is 25.0 Å². The highest BCUT2D eigenvalue weighted by atomic mass is 15.0. The molecule has 35 heavy (non-hydrogen) atoms. The molecule has 4 aromatic carbocycles. The molecule has 7 rings (SSSR count). The van der Waals surface area contributed by atoms with Crippen molar-refractivity contribution in [3.63, 3.8) is 0 Å². The molecule has 0 amide bonds. The Morgan fingerprint density at radius 1 is 0.771 bits per heavy atom. The van der Waals surface area contributed by atoms with Crippen molar-refractivity contribution < 1.29 is 4.57 Å². The highest BCUT2D eigenvalue weighted by Crippen LogP contribution is 2.42. The van der Waals surface area contributed by atoms with Crippen molar-refractivity contribution in [3.8, 4) is 11.1 Å². The molecule has 0 saturated carbocycles. The molecule has 0 aliphatic carbocycles. The predicted molar refractivity (Wildman–Crippen MR) is 148 cm³/mol. The number of aromatic nitrogens is 2. The summed E-state index contributed by atoms with van der Waals surface area (Å²) >= 11 is 0. The summed E-state index contributed by atoms with van der Waals surface area (Å²) in [7, 11) is 2.18. The predicted octanol–water partition coefficient (Wildman–Crippen LogP) is 7.99. The van der Waals surface area contributed by atoms with E-state index >= 15 is 0 Å². The third-order valence-corrected chi connectivity index (χ3v) is 7.65. The van der Waals surface area contributed by atoms with Crippen molar-refractivity contribution in [1.29, 1.82) is 0 Å². The molecule has 0 radical (unpaired) electrons. The van der Waals surface area contributed by atoms with Gasteiger partial charge in [-0.25, -0.2) is 4.57 Å². The minimum Gasteiger partial charge on any atom is -0.307 e. The Morgan fingerprint density at radius 2 is 1.60 bits per heavy atom. The van der Waals surface area contributed by atoms with Gasteiger partial charge in [0, 0.05) is 16.8 Å². The Labute approximate surface area is 205 Å². The fraction of sp³-hybridized carbons (Fsp3) is 0.182. The summed E-state index contributed by atoms with van der Waals surface area (Å²) in [5.41, 5.74) is 10.5. The maximum atomic E-state index is 2.54. The second-order valence-electron chi connectivity index (χ2n) is 10.5. The highest BCUT2D eigenvalue weighted by Gasteiger charge is 2.24. The lowest BCUT2D eigenvalue weighted by Crippen LogP contribution is -2.28. The van der Waals surface area contributed by atoms with Crippen LogP contribution < -0.4 is 4.57 Å². The molecule has 0 atom stereocenters. The average molecular weight is 454 g/mol.